The lowest BCUT2D eigenvalue weighted by atomic mass is 10.1. The van der Waals surface area contributed by atoms with Gasteiger partial charge in [0.05, 0.1) is 6.61 Å². The summed E-state index contributed by atoms with van der Waals surface area (Å²) >= 11 is 1.70. The van der Waals surface area contributed by atoms with Crippen LogP contribution in [0.3, 0.4) is 0 Å². The monoisotopic (exact) mass is 184 g/mol. The highest BCUT2D eigenvalue weighted by Crippen LogP contribution is 2.27. The topological polar surface area (TPSA) is 18.5 Å². The standard InChI is InChI=1S/C9H12O2S/c1-2-5-10-11-9(3-1)8-4-6-12-7-8/h4,6-7,9H,1-3,5H2. The Labute approximate surface area is 76.0 Å². The summed E-state index contributed by atoms with van der Waals surface area (Å²) in [6.45, 7) is 0.737. The fourth-order valence-electron chi connectivity index (χ4n) is 1.35. The molecule has 0 radical (unpaired) electrons. The third kappa shape index (κ3) is 1.86. The first-order valence-electron chi connectivity index (χ1n) is 4.27. The summed E-state index contributed by atoms with van der Waals surface area (Å²) < 4.78 is 0. The zero-order valence-corrected chi connectivity index (χ0v) is 7.68. The highest BCUT2D eigenvalue weighted by molar-refractivity contribution is 7.07. The van der Waals surface area contributed by atoms with Crippen LogP contribution in [0.1, 0.15) is 30.9 Å². The molecule has 1 saturated heterocycles. The maximum absolute atomic E-state index is 5.25. The van der Waals surface area contributed by atoms with E-state index in [1.165, 1.54) is 12.0 Å². The maximum Gasteiger partial charge on any atom is 0.119 e. The van der Waals surface area contributed by atoms with Crippen LogP contribution in [0, 0.1) is 0 Å². The van der Waals surface area contributed by atoms with Crippen molar-refractivity contribution in [1.29, 1.82) is 0 Å². The molecule has 1 atom stereocenters. The van der Waals surface area contributed by atoms with Crippen LogP contribution in [0.15, 0.2) is 16.8 Å². The second-order valence-electron chi connectivity index (χ2n) is 2.96. The minimum Gasteiger partial charge on any atom is -0.236 e. The third-order valence-electron chi connectivity index (χ3n) is 2.04. The molecule has 0 aliphatic carbocycles. The molecule has 3 heteroatoms. The molecular formula is C9H12O2S. The quantitative estimate of drug-likeness (QED) is 0.625. The van der Waals surface area contributed by atoms with E-state index in [2.05, 4.69) is 16.8 Å². The van der Waals surface area contributed by atoms with Gasteiger partial charge < -0.3 is 0 Å². The fourth-order valence-corrected chi connectivity index (χ4v) is 2.05. The van der Waals surface area contributed by atoms with E-state index in [-0.39, 0.29) is 6.10 Å². The zero-order chi connectivity index (χ0) is 8.23. The first-order valence-corrected chi connectivity index (χ1v) is 5.21. The minimum absolute atomic E-state index is 0.166. The fraction of sp³-hybridized carbons (Fsp3) is 0.556. The molecule has 1 aliphatic rings. The van der Waals surface area contributed by atoms with Gasteiger partial charge in [0.15, 0.2) is 0 Å². The van der Waals surface area contributed by atoms with E-state index in [1.807, 2.05) is 0 Å². The molecule has 0 N–H and O–H groups in total. The molecule has 1 aliphatic heterocycles. The predicted molar refractivity (Wildman–Crippen MR) is 47.9 cm³/mol. The van der Waals surface area contributed by atoms with Gasteiger partial charge in [0.2, 0.25) is 0 Å². The average molecular weight is 184 g/mol. The number of hydrogen-bond acceptors (Lipinski definition) is 3. The van der Waals surface area contributed by atoms with E-state index in [9.17, 15) is 0 Å². The van der Waals surface area contributed by atoms with Crippen molar-refractivity contribution in [2.24, 2.45) is 0 Å². The van der Waals surface area contributed by atoms with Gasteiger partial charge in [0, 0.05) is 0 Å². The molecule has 1 unspecified atom stereocenters. The van der Waals surface area contributed by atoms with Crippen LogP contribution >= 0.6 is 11.3 Å². The lowest BCUT2D eigenvalue weighted by molar-refractivity contribution is -0.320. The summed E-state index contributed by atoms with van der Waals surface area (Å²) in [5.74, 6) is 0. The Morgan fingerprint density at radius 2 is 2.42 bits per heavy atom. The number of thiophene rings is 1. The molecule has 2 nitrogen and oxygen atoms in total. The first-order chi connectivity index (χ1) is 5.97. The van der Waals surface area contributed by atoms with Crippen LogP contribution in [0.2, 0.25) is 0 Å². The van der Waals surface area contributed by atoms with Crippen molar-refractivity contribution in [1.82, 2.24) is 0 Å². The summed E-state index contributed by atoms with van der Waals surface area (Å²) in [6, 6.07) is 2.10. The smallest absolute Gasteiger partial charge is 0.119 e. The van der Waals surface area contributed by atoms with Crippen molar-refractivity contribution in [2.75, 3.05) is 6.61 Å². The van der Waals surface area contributed by atoms with E-state index in [0.717, 1.165) is 19.4 Å². The Hall–Kier alpha value is -0.380. The van der Waals surface area contributed by atoms with Gasteiger partial charge in [-0.05, 0) is 41.7 Å². The lowest BCUT2D eigenvalue weighted by Gasteiger charge is -2.10. The number of rotatable bonds is 1. The Kier molecular flexibility index (Phi) is 2.76. The van der Waals surface area contributed by atoms with Gasteiger partial charge in [0.1, 0.15) is 6.10 Å². The summed E-state index contributed by atoms with van der Waals surface area (Å²) in [5, 5.41) is 4.20. The first kappa shape index (κ1) is 8.23. The SMILES string of the molecule is c1cc(C2CCCCOO2)cs1. The van der Waals surface area contributed by atoms with Gasteiger partial charge in [-0.2, -0.15) is 11.3 Å². The summed E-state index contributed by atoms with van der Waals surface area (Å²) in [6.07, 6.45) is 3.55. The second-order valence-corrected chi connectivity index (χ2v) is 3.74. The van der Waals surface area contributed by atoms with Gasteiger partial charge in [-0.25, -0.2) is 9.78 Å². The maximum atomic E-state index is 5.25. The van der Waals surface area contributed by atoms with Gasteiger partial charge in [0.25, 0.3) is 0 Å². The van der Waals surface area contributed by atoms with Crippen LogP contribution in [-0.2, 0) is 9.78 Å². The van der Waals surface area contributed by atoms with Crippen molar-refractivity contribution < 1.29 is 9.78 Å². The summed E-state index contributed by atoms with van der Waals surface area (Å²) in [5.41, 5.74) is 1.25. The Morgan fingerprint density at radius 1 is 1.42 bits per heavy atom. The predicted octanol–water partition coefficient (Wildman–Crippen LogP) is 2.92. The molecule has 2 rings (SSSR count). The summed E-state index contributed by atoms with van der Waals surface area (Å²) in [7, 11) is 0. The van der Waals surface area contributed by atoms with Crippen LogP contribution in [0.5, 0.6) is 0 Å². The third-order valence-corrected chi connectivity index (χ3v) is 2.74. The number of hydrogen-bond donors (Lipinski definition) is 0. The van der Waals surface area contributed by atoms with Crippen LogP contribution < -0.4 is 0 Å². The van der Waals surface area contributed by atoms with Crippen LogP contribution in [0.25, 0.3) is 0 Å². The normalized spacial score (nSPS) is 25.2. The minimum atomic E-state index is 0.166. The summed E-state index contributed by atoms with van der Waals surface area (Å²) in [4.78, 5) is 10.3. The molecule has 1 fully saturated rings. The Bertz CT molecular complexity index is 212. The molecule has 0 bridgehead atoms. The van der Waals surface area contributed by atoms with Gasteiger partial charge >= 0.3 is 0 Å². The van der Waals surface area contributed by atoms with Crippen LogP contribution in [-0.4, -0.2) is 6.61 Å². The van der Waals surface area contributed by atoms with E-state index in [1.54, 1.807) is 11.3 Å². The van der Waals surface area contributed by atoms with Crippen molar-refractivity contribution >= 4 is 11.3 Å². The molecule has 1 aromatic heterocycles. The van der Waals surface area contributed by atoms with Crippen LogP contribution in [0.4, 0.5) is 0 Å². The Morgan fingerprint density at radius 3 is 3.25 bits per heavy atom. The van der Waals surface area contributed by atoms with Gasteiger partial charge in [-0.1, -0.05) is 0 Å². The molecule has 0 spiro atoms. The van der Waals surface area contributed by atoms with Crippen molar-refractivity contribution in [3.05, 3.63) is 22.4 Å². The van der Waals surface area contributed by atoms with E-state index >= 15 is 0 Å². The second kappa shape index (κ2) is 4.03. The highest BCUT2D eigenvalue weighted by Gasteiger charge is 2.15. The molecule has 66 valence electrons. The van der Waals surface area contributed by atoms with Crippen molar-refractivity contribution in [2.45, 2.75) is 25.4 Å². The van der Waals surface area contributed by atoms with Crippen molar-refractivity contribution in [3.63, 3.8) is 0 Å². The highest BCUT2D eigenvalue weighted by atomic mass is 32.1. The lowest BCUT2D eigenvalue weighted by Crippen LogP contribution is -2.00. The zero-order valence-electron chi connectivity index (χ0n) is 6.86. The average Bonchev–Trinajstić information content (AvgIpc) is 2.48. The molecule has 1 aromatic rings. The molecular weight excluding hydrogens is 172 g/mol. The largest absolute Gasteiger partial charge is 0.236 e. The molecule has 0 amide bonds. The molecule has 0 aromatic carbocycles. The molecule has 0 saturated carbocycles. The van der Waals surface area contributed by atoms with E-state index in [0.29, 0.717) is 0 Å². The molecule has 12 heavy (non-hydrogen) atoms. The van der Waals surface area contributed by atoms with Gasteiger partial charge in [-0.15, -0.1) is 0 Å². The van der Waals surface area contributed by atoms with Crippen molar-refractivity contribution in [3.8, 4) is 0 Å². The Balaban J connectivity index is 2.02. The van der Waals surface area contributed by atoms with E-state index in [4.69, 9.17) is 9.78 Å². The van der Waals surface area contributed by atoms with Gasteiger partial charge in [-0.3, -0.25) is 0 Å². The van der Waals surface area contributed by atoms with E-state index < -0.39 is 0 Å². The molecule has 2 heterocycles.